The number of aromatic nitrogens is 3. The summed E-state index contributed by atoms with van der Waals surface area (Å²) in [5.74, 6) is 2.23. The molecule has 0 aliphatic carbocycles. The first kappa shape index (κ1) is 25.9. The van der Waals surface area contributed by atoms with Gasteiger partial charge in [0, 0.05) is 11.8 Å². The van der Waals surface area contributed by atoms with Crippen LogP contribution in [0.4, 0.5) is 5.95 Å². The molecule has 6 atom stereocenters. The van der Waals surface area contributed by atoms with Crippen molar-refractivity contribution in [3.8, 4) is 12.3 Å². The Morgan fingerprint density at radius 2 is 1.85 bits per heavy atom. The normalized spacial score (nSPS) is 29.4. The van der Waals surface area contributed by atoms with E-state index in [9.17, 15) is 28.8 Å². The zero-order chi connectivity index (χ0) is 24.8. The van der Waals surface area contributed by atoms with Crippen LogP contribution in [0.25, 0.3) is 5.65 Å². The average Bonchev–Trinajstić information content (AvgIpc) is 3.20. The lowest BCUT2D eigenvalue weighted by Crippen LogP contribution is -2.39. The van der Waals surface area contributed by atoms with Crippen molar-refractivity contribution in [1.82, 2.24) is 14.4 Å². The number of nitrogens with two attached hydrogens (primary N) is 1. The van der Waals surface area contributed by atoms with Gasteiger partial charge in [0.25, 0.3) is 0 Å². The third kappa shape index (κ3) is 5.51. The summed E-state index contributed by atoms with van der Waals surface area (Å²) in [5.41, 5.74) is 4.13. The zero-order valence-electron chi connectivity index (χ0n) is 16.1. The number of rotatable bonds is 8. The Balaban J connectivity index is 1.78. The lowest BCUT2D eigenvalue weighted by atomic mass is 9.89. The van der Waals surface area contributed by atoms with E-state index < -0.39 is 54.0 Å². The maximum absolute atomic E-state index is 11.9. The molecule has 0 saturated carbocycles. The van der Waals surface area contributed by atoms with Crippen LogP contribution in [-0.2, 0) is 37.2 Å². The van der Waals surface area contributed by atoms with E-state index in [1.54, 1.807) is 0 Å². The lowest BCUT2D eigenvalue weighted by molar-refractivity contribution is -0.0590. The van der Waals surface area contributed by atoms with E-state index in [4.69, 9.17) is 31.6 Å². The quantitative estimate of drug-likeness (QED) is 0.153. The van der Waals surface area contributed by atoms with Crippen molar-refractivity contribution >= 4 is 35.1 Å². The Hall–Kier alpha value is -1.73. The van der Waals surface area contributed by atoms with Crippen molar-refractivity contribution in [1.29, 1.82) is 0 Å². The molecule has 1 aliphatic rings. The highest BCUT2D eigenvalue weighted by atomic mass is 31.3. The molecule has 0 aromatic carbocycles. The molecule has 20 heteroatoms. The van der Waals surface area contributed by atoms with E-state index in [0.29, 0.717) is 0 Å². The van der Waals surface area contributed by atoms with Gasteiger partial charge in [-0.1, -0.05) is 5.92 Å². The van der Waals surface area contributed by atoms with Crippen LogP contribution in [0.5, 0.6) is 0 Å². The van der Waals surface area contributed by atoms with Crippen LogP contribution in [0.15, 0.2) is 18.6 Å². The van der Waals surface area contributed by atoms with Crippen LogP contribution in [-0.4, -0.2) is 69.1 Å². The van der Waals surface area contributed by atoms with E-state index in [1.807, 2.05) is 0 Å². The number of hydrogen-bond acceptors (Lipinski definition) is 12. The molecule has 1 saturated heterocycles. The Labute approximate surface area is 184 Å². The van der Waals surface area contributed by atoms with Crippen LogP contribution < -0.4 is 5.73 Å². The smallest absolute Gasteiger partial charge is 0.387 e. The van der Waals surface area contributed by atoms with Gasteiger partial charge in [-0.15, -0.1) is 6.42 Å². The summed E-state index contributed by atoms with van der Waals surface area (Å²) in [6.45, 7) is -1.03. The number of nitrogens with zero attached hydrogens (tertiary/aromatic N) is 3. The number of aliphatic hydroxyl groups excluding tert-OH is 2. The van der Waals surface area contributed by atoms with Gasteiger partial charge in [-0.3, -0.25) is 8.92 Å². The van der Waals surface area contributed by atoms with E-state index in [1.165, 1.54) is 23.0 Å². The van der Waals surface area contributed by atoms with Gasteiger partial charge in [0.2, 0.25) is 5.95 Å². The fraction of sp³-hybridized carbons (Fsp3) is 0.385. The molecule has 0 spiro atoms. The molecule has 2 aromatic heterocycles. The number of ether oxygens (including phenoxy) is 1. The number of fused-ring (bicyclic) bond motifs is 1. The Kier molecular flexibility index (Phi) is 6.91. The number of phosphoric acid groups is 3. The van der Waals surface area contributed by atoms with Crippen molar-refractivity contribution in [3.05, 3.63) is 24.2 Å². The first-order valence-electron chi connectivity index (χ1n) is 8.48. The fourth-order valence-corrected chi connectivity index (χ4v) is 6.04. The second kappa shape index (κ2) is 8.81. The second-order valence-corrected chi connectivity index (χ2v) is 11.0. The first-order chi connectivity index (χ1) is 15.1. The summed E-state index contributed by atoms with van der Waals surface area (Å²) in [4.78, 5) is 43.5. The van der Waals surface area contributed by atoms with E-state index in [0.717, 1.165) is 0 Å². The van der Waals surface area contributed by atoms with Crippen LogP contribution >= 0.6 is 23.5 Å². The number of nitrogen functional groups attached to an aromatic ring is 1. The Morgan fingerprint density at radius 1 is 1.18 bits per heavy atom. The van der Waals surface area contributed by atoms with E-state index >= 15 is 0 Å². The minimum Gasteiger partial charge on any atom is -0.387 e. The molecular weight excluding hydrogens is 513 g/mol. The fourth-order valence-electron chi connectivity index (χ4n) is 3.01. The number of terminal acetylenes is 1. The highest BCUT2D eigenvalue weighted by molar-refractivity contribution is 7.66. The second-order valence-electron chi connectivity index (χ2n) is 6.55. The van der Waals surface area contributed by atoms with Crippen molar-refractivity contribution in [2.45, 2.75) is 23.9 Å². The summed E-state index contributed by atoms with van der Waals surface area (Å²) in [7, 11) is -16.8. The van der Waals surface area contributed by atoms with Crippen LogP contribution in [0.1, 0.15) is 5.56 Å². The molecule has 2 unspecified atom stereocenters. The van der Waals surface area contributed by atoms with Crippen LogP contribution in [0.3, 0.4) is 0 Å². The highest BCUT2D eigenvalue weighted by Crippen LogP contribution is 2.66. The lowest BCUT2D eigenvalue weighted by Gasteiger charge is -2.25. The molecule has 2 aromatic rings. The average molecular weight is 530 g/mol. The third-order valence-electron chi connectivity index (χ3n) is 4.35. The molecule has 0 radical (unpaired) electrons. The van der Waals surface area contributed by atoms with Gasteiger partial charge in [0.05, 0.1) is 6.61 Å². The topological polar surface area (TPSA) is 266 Å². The molecule has 33 heavy (non-hydrogen) atoms. The van der Waals surface area contributed by atoms with Gasteiger partial charge >= 0.3 is 23.5 Å². The Bertz CT molecular complexity index is 1240. The number of anilines is 1. The maximum Gasteiger partial charge on any atom is 0.490 e. The number of phosphoric ester groups is 1. The monoisotopic (exact) mass is 530 g/mol. The predicted octanol–water partition coefficient (Wildman–Crippen LogP) is -1.40. The zero-order valence-corrected chi connectivity index (χ0v) is 18.7. The van der Waals surface area contributed by atoms with Crippen molar-refractivity contribution in [2.75, 3.05) is 12.3 Å². The summed E-state index contributed by atoms with van der Waals surface area (Å²) in [6, 6.07) is 1.39. The molecule has 3 rings (SSSR count). The van der Waals surface area contributed by atoms with Crippen molar-refractivity contribution in [3.63, 3.8) is 0 Å². The van der Waals surface area contributed by atoms with E-state index in [2.05, 4.69) is 29.0 Å². The first-order valence-corrected chi connectivity index (χ1v) is 13.0. The summed E-state index contributed by atoms with van der Waals surface area (Å²) >= 11 is 0. The van der Waals surface area contributed by atoms with Crippen LogP contribution in [0.2, 0.25) is 0 Å². The maximum atomic E-state index is 11.9. The minimum absolute atomic E-state index is 0.0238. The molecule has 17 nitrogen and oxygen atoms in total. The van der Waals surface area contributed by atoms with Gasteiger partial charge in [-0.25, -0.2) is 23.7 Å². The minimum atomic E-state index is -5.74. The summed E-state index contributed by atoms with van der Waals surface area (Å²) in [6.07, 6.45) is 2.90. The predicted molar refractivity (Wildman–Crippen MR) is 105 cm³/mol. The largest absolute Gasteiger partial charge is 0.490 e. The molecule has 0 amide bonds. The van der Waals surface area contributed by atoms with Crippen molar-refractivity contribution in [2.24, 2.45) is 0 Å². The van der Waals surface area contributed by atoms with E-state index in [-0.39, 0.29) is 17.2 Å². The van der Waals surface area contributed by atoms with Gasteiger partial charge in [-0.05, 0) is 6.07 Å². The molecule has 1 aliphatic heterocycles. The van der Waals surface area contributed by atoms with Gasteiger partial charge < -0.3 is 40.3 Å². The third-order valence-corrected chi connectivity index (χ3v) is 8.15. The molecule has 182 valence electrons. The summed E-state index contributed by atoms with van der Waals surface area (Å²) in [5, 5.41) is 20.9. The van der Waals surface area contributed by atoms with Gasteiger partial charge in [0.1, 0.15) is 30.3 Å². The van der Waals surface area contributed by atoms with Gasteiger partial charge in [0.15, 0.2) is 5.60 Å². The summed E-state index contributed by atoms with van der Waals surface area (Å²) < 4.78 is 52.4. The molecule has 3 heterocycles. The number of hydrogen-bond donors (Lipinski definition) is 7. The van der Waals surface area contributed by atoms with Gasteiger partial charge in [-0.2, -0.15) is 8.62 Å². The Morgan fingerprint density at radius 3 is 2.42 bits per heavy atom. The number of aliphatic hydroxyl groups is 2. The molecule has 8 N–H and O–H groups in total. The van der Waals surface area contributed by atoms with Crippen molar-refractivity contribution < 1.29 is 61.4 Å². The van der Waals surface area contributed by atoms with Crippen LogP contribution in [0, 0.1) is 12.3 Å². The molecule has 1 fully saturated rings. The molecule has 0 bridgehead atoms. The molecular formula is C13H17N4O13P3. The highest BCUT2D eigenvalue weighted by Gasteiger charge is 2.55. The SMILES string of the molecule is C#C[C@]1(c2cc3ncnc(N)n3c2)O[C@H](COP(=O)(O)OP(=O)(O)OP(=O)(O)O)[C@@H](O)[C@H]1O. The standard InChI is InChI=1S/C13H17N4O13P3/c1-2-13(7-3-9-15-6-16-12(14)17(9)4-7)11(19)10(18)8(28-13)5-27-32(23,24)30-33(25,26)29-31(20,21)22/h1,3-4,6,8,10-11,18-19H,5H2,(H,23,24)(H,25,26)(H2,14,15,16)(H2,20,21,22)/t8-,10-,11-,13-/m1/s1.